The van der Waals surface area contributed by atoms with Gasteiger partial charge in [-0.1, -0.05) is 19.3 Å². The van der Waals surface area contributed by atoms with Gasteiger partial charge in [0, 0.05) is 19.1 Å². The third-order valence-corrected chi connectivity index (χ3v) is 4.67. The van der Waals surface area contributed by atoms with E-state index in [1.807, 2.05) is 0 Å². The van der Waals surface area contributed by atoms with Gasteiger partial charge in [0.25, 0.3) is 0 Å². The Balaban J connectivity index is 1.72. The molecule has 1 aromatic rings. The van der Waals surface area contributed by atoms with Crippen molar-refractivity contribution in [2.75, 3.05) is 26.2 Å². The summed E-state index contributed by atoms with van der Waals surface area (Å²) >= 11 is 0. The van der Waals surface area contributed by atoms with Crippen LogP contribution in [-0.2, 0) is 6.54 Å². The van der Waals surface area contributed by atoms with Crippen LogP contribution in [0.1, 0.15) is 56.2 Å². The van der Waals surface area contributed by atoms with E-state index in [4.69, 9.17) is 0 Å². The van der Waals surface area contributed by atoms with Crippen LogP contribution in [0.25, 0.3) is 0 Å². The van der Waals surface area contributed by atoms with Crippen molar-refractivity contribution >= 4 is 0 Å². The molecular formula is C15H27N5. The Labute approximate surface area is 121 Å². The van der Waals surface area contributed by atoms with Gasteiger partial charge in [0.2, 0.25) is 0 Å². The van der Waals surface area contributed by atoms with Gasteiger partial charge >= 0.3 is 0 Å². The smallest absolute Gasteiger partial charge is 0.147 e. The largest absolute Gasteiger partial charge is 0.315 e. The summed E-state index contributed by atoms with van der Waals surface area (Å²) in [5, 5.41) is 12.3. The van der Waals surface area contributed by atoms with Crippen LogP contribution in [0, 0.1) is 6.92 Å². The molecule has 5 heteroatoms. The van der Waals surface area contributed by atoms with Crippen LogP contribution in [0.4, 0.5) is 0 Å². The van der Waals surface area contributed by atoms with Gasteiger partial charge in [0.05, 0.1) is 6.54 Å². The Morgan fingerprint density at radius 1 is 1.05 bits per heavy atom. The van der Waals surface area contributed by atoms with Gasteiger partial charge in [0.1, 0.15) is 11.6 Å². The van der Waals surface area contributed by atoms with E-state index in [-0.39, 0.29) is 0 Å². The normalized spacial score (nSPS) is 22.9. The maximum atomic E-state index is 4.47. The first-order valence-corrected chi connectivity index (χ1v) is 8.18. The number of nitrogens with one attached hydrogen (secondary N) is 1. The first-order chi connectivity index (χ1) is 9.84. The van der Waals surface area contributed by atoms with Crippen LogP contribution in [-0.4, -0.2) is 45.8 Å². The molecule has 0 unspecified atom stereocenters. The van der Waals surface area contributed by atoms with Gasteiger partial charge in [-0.2, -0.15) is 0 Å². The van der Waals surface area contributed by atoms with Crippen molar-refractivity contribution in [2.24, 2.45) is 0 Å². The van der Waals surface area contributed by atoms with E-state index in [0.717, 1.165) is 32.0 Å². The summed E-state index contributed by atoms with van der Waals surface area (Å²) in [5.74, 6) is 2.27. The molecule has 1 saturated carbocycles. The van der Waals surface area contributed by atoms with Crippen LogP contribution < -0.4 is 5.32 Å². The van der Waals surface area contributed by atoms with Gasteiger partial charge in [-0.15, -0.1) is 10.2 Å². The second-order valence-electron chi connectivity index (χ2n) is 6.20. The summed E-state index contributed by atoms with van der Waals surface area (Å²) in [5.41, 5.74) is 0. The molecule has 1 saturated heterocycles. The molecule has 20 heavy (non-hydrogen) atoms. The molecule has 1 aliphatic heterocycles. The highest BCUT2D eigenvalue weighted by atomic mass is 15.3. The fourth-order valence-electron chi connectivity index (χ4n) is 3.59. The van der Waals surface area contributed by atoms with Crippen LogP contribution in [0.3, 0.4) is 0 Å². The molecule has 0 aromatic carbocycles. The maximum Gasteiger partial charge on any atom is 0.147 e. The van der Waals surface area contributed by atoms with Crippen LogP contribution >= 0.6 is 0 Å². The number of aromatic nitrogens is 3. The predicted octanol–water partition coefficient (Wildman–Crippen LogP) is 1.89. The highest BCUT2D eigenvalue weighted by molar-refractivity contribution is 4.98. The van der Waals surface area contributed by atoms with Crippen LogP contribution in [0.2, 0.25) is 0 Å². The molecule has 1 aromatic heterocycles. The Morgan fingerprint density at radius 2 is 1.90 bits per heavy atom. The zero-order chi connectivity index (χ0) is 13.8. The number of hydrogen-bond acceptors (Lipinski definition) is 4. The second-order valence-corrected chi connectivity index (χ2v) is 6.20. The van der Waals surface area contributed by atoms with Gasteiger partial charge in [0.15, 0.2) is 0 Å². The second kappa shape index (κ2) is 6.68. The fourth-order valence-corrected chi connectivity index (χ4v) is 3.59. The van der Waals surface area contributed by atoms with E-state index < -0.39 is 0 Å². The number of aryl methyl sites for hydroxylation is 1. The molecule has 5 nitrogen and oxygen atoms in total. The number of rotatable bonds is 3. The van der Waals surface area contributed by atoms with Crippen LogP contribution in [0.15, 0.2) is 0 Å². The molecule has 0 bridgehead atoms. The van der Waals surface area contributed by atoms with E-state index in [1.54, 1.807) is 0 Å². The SMILES string of the molecule is Cc1nnc(CN2CCCNCC2)n1C1CCCCC1. The van der Waals surface area contributed by atoms with Gasteiger partial charge in [-0.05, 0) is 39.3 Å². The Hall–Kier alpha value is -0.940. The van der Waals surface area contributed by atoms with Crippen molar-refractivity contribution in [3.8, 4) is 0 Å². The van der Waals surface area contributed by atoms with E-state index in [0.29, 0.717) is 6.04 Å². The monoisotopic (exact) mass is 277 g/mol. The molecule has 2 aliphatic rings. The molecule has 2 fully saturated rings. The van der Waals surface area contributed by atoms with E-state index in [9.17, 15) is 0 Å². The Bertz CT molecular complexity index is 414. The van der Waals surface area contributed by atoms with Gasteiger partial charge in [-0.25, -0.2) is 0 Å². The number of nitrogens with zero attached hydrogens (tertiary/aromatic N) is 4. The van der Waals surface area contributed by atoms with Crippen molar-refractivity contribution < 1.29 is 0 Å². The third kappa shape index (κ3) is 3.20. The molecule has 0 spiro atoms. The fraction of sp³-hybridized carbons (Fsp3) is 0.867. The zero-order valence-corrected chi connectivity index (χ0v) is 12.6. The van der Waals surface area contributed by atoms with E-state index in [1.165, 1.54) is 50.9 Å². The minimum atomic E-state index is 0.638. The van der Waals surface area contributed by atoms with Crippen molar-refractivity contribution in [3.05, 3.63) is 11.6 Å². The Kier molecular flexibility index (Phi) is 4.68. The third-order valence-electron chi connectivity index (χ3n) is 4.67. The summed E-state index contributed by atoms with van der Waals surface area (Å²) in [6.07, 6.45) is 7.94. The summed E-state index contributed by atoms with van der Waals surface area (Å²) in [6, 6.07) is 0.638. The first kappa shape index (κ1) is 14.0. The zero-order valence-electron chi connectivity index (χ0n) is 12.6. The average molecular weight is 277 g/mol. The summed E-state index contributed by atoms with van der Waals surface area (Å²) < 4.78 is 2.43. The van der Waals surface area contributed by atoms with E-state index >= 15 is 0 Å². The molecule has 0 atom stereocenters. The van der Waals surface area contributed by atoms with Crippen LogP contribution in [0.5, 0.6) is 0 Å². The summed E-state index contributed by atoms with van der Waals surface area (Å²) in [7, 11) is 0. The lowest BCUT2D eigenvalue weighted by Gasteiger charge is -2.27. The van der Waals surface area contributed by atoms with Crippen molar-refractivity contribution in [3.63, 3.8) is 0 Å². The molecule has 0 amide bonds. The topological polar surface area (TPSA) is 46.0 Å². The van der Waals surface area contributed by atoms with E-state index in [2.05, 4.69) is 31.9 Å². The lowest BCUT2D eigenvalue weighted by atomic mass is 9.95. The quantitative estimate of drug-likeness (QED) is 0.916. The Morgan fingerprint density at radius 3 is 2.75 bits per heavy atom. The molecule has 1 aliphatic carbocycles. The van der Waals surface area contributed by atoms with Gasteiger partial charge in [-0.3, -0.25) is 4.90 Å². The maximum absolute atomic E-state index is 4.47. The average Bonchev–Trinajstić information content (AvgIpc) is 2.67. The van der Waals surface area contributed by atoms with Gasteiger partial charge < -0.3 is 9.88 Å². The molecule has 112 valence electrons. The molecule has 3 rings (SSSR count). The minimum absolute atomic E-state index is 0.638. The first-order valence-electron chi connectivity index (χ1n) is 8.18. The van der Waals surface area contributed by atoms with Crippen molar-refractivity contribution in [1.82, 2.24) is 25.0 Å². The summed E-state index contributed by atoms with van der Waals surface area (Å²) in [6.45, 7) is 7.59. The highest BCUT2D eigenvalue weighted by Gasteiger charge is 2.22. The number of hydrogen-bond donors (Lipinski definition) is 1. The lowest BCUT2D eigenvalue weighted by molar-refractivity contribution is 0.260. The molecule has 1 N–H and O–H groups in total. The van der Waals surface area contributed by atoms with Crippen molar-refractivity contribution in [1.29, 1.82) is 0 Å². The highest BCUT2D eigenvalue weighted by Crippen LogP contribution is 2.30. The predicted molar refractivity (Wildman–Crippen MR) is 79.6 cm³/mol. The summed E-state index contributed by atoms with van der Waals surface area (Å²) in [4.78, 5) is 2.52. The standard InChI is InChI=1S/C15H27N5/c1-13-17-18-15(12-19-10-5-8-16-9-11-19)20(13)14-6-3-2-4-7-14/h14,16H,2-12H2,1H3. The minimum Gasteiger partial charge on any atom is -0.315 e. The molecule has 0 radical (unpaired) electrons. The molecular weight excluding hydrogens is 250 g/mol. The lowest BCUT2D eigenvalue weighted by Crippen LogP contribution is -2.30. The molecule has 2 heterocycles. The van der Waals surface area contributed by atoms with Crippen molar-refractivity contribution in [2.45, 2.75) is 58.0 Å².